The topological polar surface area (TPSA) is 59.1 Å². The first-order valence-electron chi connectivity index (χ1n) is 8.73. The lowest BCUT2D eigenvalue weighted by atomic mass is 9.76. The first-order chi connectivity index (χ1) is 11.9. The number of ether oxygens (including phenoxy) is 2. The molecule has 1 fully saturated rings. The van der Waals surface area contributed by atoms with Gasteiger partial charge >= 0.3 is 0 Å². The zero-order valence-electron chi connectivity index (χ0n) is 15.2. The average molecular weight is 346 g/mol. The summed E-state index contributed by atoms with van der Waals surface area (Å²) in [5.41, 5.74) is 1.19. The molecular weight excluding hydrogens is 320 g/mol. The van der Waals surface area contributed by atoms with Crippen molar-refractivity contribution in [2.75, 3.05) is 34.0 Å². The molecule has 1 aromatic rings. The van der Waals surface area contributed by atoms with Crippen LogP contribution in [0.2, 0.25) is 0 Å². The van der Waals surface area contributed by atoms with Crippen molar-refractivity contribution >= 4 is 11.8 Å². The molecule has 2 aliphatic heterocycles. The Hall–Kier alpha value is -2.24. The maximum atomic E-state index is 12.2. The zero-order chi connectivity index (χ0) is 18.0. The van der Waals surface area contributed by atoms with Crippen molar-refractivity contribution in [1.82, 2.24) is 9.80 Å². The first-order valence-corrected chi connectivity index (χ1v) is 8.73. The van der Waals surface area contributed by atoms with E-state index in [0.717, 1.165) is 24.3 Å². The van der Waals surface area contributed by atoms with E-state index in [1.165, 1.54) is 5.56 Å². The van der Waals surface area contributed by atoms with Crippen molar-refractivity contribution in [2.24, 2.45) is 5.41 Å². The lowest BCUT2D eigenvalue weighted by Crippen LogP contribution is -2.47. The van der Waals surface area contributed by atoms with Crippen LogP contribution in [-0.4, -0.2) is 55.6 Å². The summed E-state index contributed by atoms with van der Waals surface area (Å²) in [7, 11) is 3.48. The van der Waals surface area contributed by atoms with Gasteiger partial charge < -0.3 is 19.3 Å². The maximum absolute atomic E-state index is 12.2. The summed E-state index contributed by atoms with van der Waals surface area (Å²) in [5, 5.41) is 0. The molecule has 0 aromatic heterocycles. The second kappa shape index (κ2) is 6.94. The fourth-order valence-corrected chi connectivity index (χ4v) is 3.54. The lowest BCUT2D eigenvalue weighted by molar-refractivity contribution is -0.138. The van der Waals surface area contributed by atoms with E-state index in [4.69, 9.17) is 9.47 Å². The van der Waals surface area contributed by atoms with Crippen molar-refractivity contribution in [3.63, 3.8) is 0 Å². The number of likely N-dealkylation sites (tertiary alicyclic amines) is 1. The van der Waals surface area contributed by atoms with Crippen LogP contribution in [0.5, 0.6) is 11.5 Å². The van der Waals surface area contributed by atoms with Gasteiger partial charge in [0.2, 0.25) is 18.6 Å². The SMILES string of the molecule is CN(C)C(=O)CCN1CC(C)(Cc2ccc3c(c2)OCO3)CCC1=O. The number of benzene rings is 1. The van der Waals surface area contributed by atoms with Crippen molar-refractivity contribution in [3.8, 4) is 11.5 Å². The van der Waals surface area contributed by atoms with E-state index in [9.17, 15) is 9.59 Å². The normalized spacial score (nSPS) is 22.2. The summed E-state index contributed by atoms with van der Waals surface area (Å²) in [4.78, 5) is 27.5. The number of nitrogens with zero attached hydrogens (tertiary/aromatic N) is 2. The molecule has 1 atom stereocenters. The van der Waals surface area contributed by atoms with Crippen LogP contribution in [0.25, 0.3) is 0 Å². The summed E-state index contributed by atoms with van der Waals surface area (Å²) < 4.78 is 10.8. The van der Waals surface area contributed by atoms with Gasteiger partial charge in [0.1, 0.15) is 0 Å². The van der Waals surface area contributed by atoms with Crippen LogP contribution in [0, 0.1) is 5.41 Å². The summed E-state index contributed by atoms with van der Waals surface area (Å²) in [6.07, 6.45) is 2.64. The molecule has 0 aliphatic carbocycles. The average Bonchev–Trinajstić information content (AvgIpc) is 3.03. The zero-order valence-corrected chi connectivity index (χ0v) is 15.2. The number of amides is 2. The predicted octanol–water partition coefficient (Wildman–Crippen LogP) is 2.06. The first kappa shape index (κ1) is 17.6. The van der Waals surface area contributed by atoms with Gasteiger partial charge in [0.15, 0.2) is 11.5 Å². The largest absolute Gasteiger partial charge is 0.454 e. The number of carbonyl (C=O) groups is 2. The highest BCUT2D eigenvalue weighted by Crippen LogP contribution is 2.37. The van der Waals surface area contributed by atoms with E-state index < -0.39 is 0 Å². The van der Waals surface area contributed by atoms with Gasteiger partial charge in [-0.2, -0.15) is 0 Å². The Morgan fingerprint density at radius 1 is 1.28 bits per heavy atom. The second-order valence-corrected chi connectivity index (χ2v) is 7.53. The molecule has 1 aromatic carbocycles. The maximum Gasteiger partial charge on any atom is 0.231 e. The summed E-state index contributed by atoms with van der Waals surface area (Å²) >= 11 is 0. The van der Waals surface area contributed by atoms with Crippen LogP contribution in [0.3, 0.4) is 0 Å². The minimum Gasteiger partial charge on any atom is -0.454 e. The minimum atomic E-state index is 0.00275. The minimum absolute atomic E-state index is 0.00275. The molecule has 0 spiro atoms. The van der Waals surface area contributed by atoms with Crippen LogP contribution in [0.1, 0.15) is 31.7 Å². The smallest absolute Gasteiger partial charge is 0.231 e. The van der Waals surface area contributed by atoms with Crippen LogP contribution < -0.4 is 9.47 Å². The van der Waals surface area contributed by atoms with Crippen molar-refractivity contribution in [1.29, 1.82) is 0 Å². The highest BCUT2D eigenvalue weighted by Gasteiger charge is 2.35. The Morgan fingerprint density at radius 3 is 2.80 bits per heavy atom. The Morgan fingerprint density at radius 2 is 2.04 bits per heavy atom. The van der Waals surface area contributed by atoms with Crippen LogP contribution in [-0.2, 0) is 16.0 Å². The Bertz CT molecular complexity index is 673. The van der Waals surface area contributed by atoms with E-state index in [0.29, 0.717) is 25.9 Å². The van der Waals surface area contributed by atoms with Gasteiger partial charge in [0.25, 0.3) is 0 Å². The third kappa shape index (κ3) is 4.06. The molecule has 0 N–H and O–H groups in total. The molecule has 1 unspecified atom stereocenters. The molecule has 2 amide bonds. The molecule has 25 heavy (non-hydrogen) atoms. The van der Waals surface area contributed by atoms with E-state index in [2.05, 4.69) is 13.0 Å². The second-order valence-electron chi connectivity index (χ2n) is 7.53. The van der Waals surface area contributed by atoms with Gasteiger partial charge in [0.05, 0.1) is 0 Å². The van der Waals surface area contributed by atoms with Gasteiger partial charge in [-0.05, 0) is 36.0 Å². The number of hydrogen-bond donors (Lipinski definition) is 0. The molecule has 0 saturated carbocycles. The number of carbonyl (C=O) groups excluding carboxylic acids is 2. The Balaban J connectivity index is 1.64. The highest BCUT2D eigenvalue weighted by molar-refractivity contribution is 5.79. The molecule has 6 nitrogen and oxygen atoms in total. The molecular formula is C19H26N2O4. The fourth-order valence-electron chi connectivity index (χ4n) is 3.54. The molecule has 0 radical (unpaired) electrons. The molecule has 2 aliphatic rings. The third-order valence-corrected chi connectivity index (χ3v) is 5.03. The monoisotopic (exact) mass is 346 g/mol. The number of hydrogen-bond acceptors (Lipinski definition) is 4. The van der Waals surface area contributed by atoms with E-state index in [1.807, 2.05) is 17.0 Å². The Kier molecular flexibility index (Phi) is 4.88. The molecule has 2 heterocycles. The lowest BCUT2D eigenvalue weighted by Gasteiger charge is -2.40. The molecule has 6 heteroatoms. The summed E-state index contributed by atoms with van der Waals surface area (Å²) in [6.45, 7) is 3.66. The summed E-state index contributed by atoms with van der Waals surface area (Å²) in [6, 6.07) is 6.04. The van der Waals surface area contributed by atoms with Crippen LogP contribution in [0.15, 0.2) is 18.2 Å². The van der Waals surface area contributed by atoms with Gasteiger partial charge in [-0.1, -0.05) is 13.0 Å². The van der Waals surface area contributed by atoms with Crippen LogP contribution >= 0.6 is 0 Å². The third-order valence-electron chi connectivity index (χ3n) is 5.03. The van der Waals surface area contributed by atoms with Crippen LogP contribution in [0.4, 0.5) is 0 Å². The van der Waals surface area contributed by atoms with E-state index in [1.54, 1.807) is 19.0 Å². The van der Waals surface area contributed by atoms with E-state index >= 15 is 0 Å². The predicted molar refractivity (Wildman–Crippen MR) is 93.5 cm³/mol. The van der Waals surface area contributed by atoms with Crippen molar-refractivity contribution in [2.45, 2.75) is 32.6 Å². The van der Waals surface area contributed by atoms with Crippen molar-refractivity contribution < 1.29 is 19.1 Å². The van der Waals surface area contributed by atoms with Gasteiger partial charge in [-0.15, -0.1) is 0 Å². The number of piperidine rings is 1. The fraction of sp³-hybridized carbons (Fsp3) is 0.579. The van der Waals surface area contributed by atoms with Gasteiger partial charge in [-0.3, -0.25) is 9.59 Å². The number of fused-ring (bicyclic) bond motifs is 1. The Labute approximate surface area is 148 Å². The van der Waals surface area contributed by atoms with E-state index in [-0.39, 0.29) is 24.0 Å². The van der Waals surface area contributed by atoms with Crippen molar-refractivity contribution in [3.05, 3.63) is 23.8 Å². The number of rotatable bonds is 5. The molecule has 1 saturated heterocycles. The van der Waals surface area contributed by atoms with Gasteiger partial charge in [-0.25, -0.2) is 0 Å². The molecule has 0 bridgehead atoms. The molecule has 3 rings (SSSR count). The highest BCUT2D eigenvalue weighted by atomic mass is 16.7. The quantitative estimate of drug-likeness (QED) is 0.819. The molecule has 136 valence electrons. The standard InChI is InChI=1S/C19H26N2O4/c1-19(11-14-4-5-15-16(10-14)25-13-24-15)8-6-18(23)21(12-19)9-7-17(22)20(2)3/h4-5,10H,6-9,11-13H2,1-3H3. The summed E-state index contributed by atoms with van der Waals surface area (Å²) in [5.74, 6) is 1.78. The van der Waals surface area contributed by atoms with Gasteiger partial charge in [0, 0.05) is 40.0 Å².